The number of nitrogens with zero attached hydrogens (tertiary/aromatic N) is 2. The molecule has 0 bridgehead atoms. The van der Waals surface area contributed by atoms with Crippen molar-refractivity contribution in [3.05, 3.63) is 76.0 Å². The lowest BCUT2D eigenvalue weighted by molar-refractivity contribution is 0.246. The van der Waals surface area contributed by atoms with Gasteiger partial charge in [-0.15, -0.1) is 0 Å². The van der Waals surface area contributed by atoms with Gasteiger partial charge in [0.15, 0.2) is 0 Å². The van der Waals surface area contributed by atoms with Gasteiger partial charge in [0, 0.05) is 17.1 Å². The molecular weight excluding hydrogens is 406 g/mol. The van der Waals surface area contributed by atoms with Crippen molar-refractivity contribution in [2.45, 2.75) is 32.2 Å². The van der Waals surface area contributed by atoms with Crippen molar-refractivity contribution in [2.24, 2.45) is 17.6 Å². The van der Waals surface area contributed by atoms with Gasteiger partial charge in [-0.3, -0.25) is 9.36 Å². The Hall–Kier alpha value is -2.69. The van der Waals surface area contributed by atoms with E-state index in [-0.39, 0.29) is 5.56 Å². The monoisotopic (exact) mass is 431 g/mol. The number of halogens is 1. The molecule has 2 unspecified atom stereocenters. The van der Waals surface area contributed by atoms with Gasteiger partial charge in [0.2, 0.25) is 0 Å². The van der Waals surface area contributed by atoms with E-state index < -0.39 is 0 Å². The number of hydrogen-bond donors (Lipinski definition) is 1. The zero-order chi connectivity index (χ0) is 21.4. The highest BCUT2D eigenvalue weighted by atomic mass is 35.5. The van der Waals surface area contributed by atoms with Crippen molar-refractivity contribution in [1.82, 2.24) is 9.55 Å². The summed E-state index contributed by atoms with van der Waals surface area (Å²) in [5.74, 6) is 1.69. The third kappa shape index (κ3) is 3.86. The van der Waals surface area contributed by atoms with E-state index in [0.29, 0.717) is 40.9 Å². The van der Waals surface area contributed by atoms with E-state index in [2.05, 4.69) is 24.3 Å². The summed E-state index contributed by atoms with van der Waals surface area (Å²) in [4.78, 5) is 18.7. The second-order valence-electron chi connectivity index (χ2n) is 8.67. The number of fused-ring (bicyclic) bond motifs is 2. The summed E-state index contributed by atoms with van der Waals surface area (Å²) in [6.07, 6.45) is 4.53. The average Bonchev–Trinajstić information content (AvgIpc) is 2.81. The number of nitrogens with two attached hydrogens (primary N) is 1. The molecule has 5 rings (SSSR count). The number of rotatable bonds is 4. The SMILES string of the molecule is NCC1CCCC(Cn2c(-c3cccc4ccccc34)nc3ccc(Cl)cc3c2=O)C1. The quantitative estimate of drug-likeness (QED) is 0.455. The van der Waals surface area contributed by atoms with E-state index in [1.807, 2.05) is 28.8 Å². The Balaban J connectivity index is 1.72. The molecule has 0 amide bonds. The zero-order valence-electron chi connectivity index (χ0n) is 17.4. The van der Waals surface area contributed by atoms with Crippen LogP contribution >= 0.6 is 11.6 Å². The normalized spacial score (nSPS) is 19.2. The minimum absolute atomic E-state index is 0.0229. The highest BCUT2D eigenvalue weighted by Gasteiger charge is 2.24. The molecule has 5 heteroatoms. The van der Waals surface area contributed by atoms with Crippen LogP contribution in [0.4, 0.5) is 0 Å². The molecule has 31 heavy (non-hydrogen) atoms. The lowest BCUT2D eigenvalue weighted by Gasteiger charge is -2.29. The van der Waals surface area contributed by atoms with Gasteiger partial charge >= 0.3 is 0 Å². The second kappa shape index (κ2) is 8.45. The molecule has 0 radical (unpaired) electrons. The van der Waals surface area contributed by atoms with Crippen molar-refractivity contribution in [3.63, 3.8) is 0 Å². The van der Waals surface area contributed by atoms with E-state index in [1.54, 1.807) is 12.1 Å². The van der Waals surface area contributed by atoms with Crippen LogP contribution in [0.15, 0.2) is 65.5 Å². The number of hydrogen-bond acceptors (Lipinski definition) is 3. The molecule has 4 nitrogen and oxygen atoms in total. The van der Waals surface area contributed by atoms with Crippen LogP contribution in [0, 0.1) is 11.8 Å². The van der Waals surface area contributed by atoms with Crippen LogP contribution in [-0.4, -0.2) is 16.1 Å². The molecule has 2 atom stereocenters. The molecule has 2 N–H and O–H groups in total. The highest BCUT2D eigenvalue weighted by Crippen LogP contribution is 2.32. The first-order chi connectivity index (χ1) is 15.1. The third-order valence-electron chi connectivity index (χ3n) is 6.61. The maximum Gasteiger partial charge on any atom is 0.261 e. The molecule has 1 heterocycles. The lowest BCUT2D eigenvalue weighted by atomic mass is 9.81. The Morgan fingerprint density at radius 2 is 1.81 bits per heavy atom. The molecule has 1 aliphatic carbocycles. The molecule has 158 valence electrons. The maximum atomic E-state index is 13.7. The molecule has 1 aliphatic rings. The molecule has 1 aromatic heterocycles. The van der Waals surface area contributed by atoms with Crippen LogP contribution in [0.2, 0.25) is 5.02 Å². The van der Waals surface area contributed by atoms with Crippen LogP contribution in [0.3, 0.4) is 0 Å². The van der Waals surface area contributed by atoms with Crippen LogP contribution in [0.1, 0.15) is 25.7 Å². The maximum absolute atomic E-state index is 13.7. The van der Waals surface area contributed by atoms with E-state index >= 15 is 0 Å². The first kappa shape index (κ1) is 20.2. The number of benzene rings is 3. The topological polar surface area (TPSA) is 60.9 Å². The van der Waals surface area contributed by atoms with Gasteiger partial charge in [-0.2, -0.15) is 0 Å². The predicted molar refractivity (Wildman–Crippen MR) is 128 cm³/mol. The minimum atomic E-state index is -0.0229. The molecule has 4 aromatic rings. The van der Waals surface area contributed by atoms with Crippen LogP contribution in [0.25, 0.3) is 33.1 Å². The first-order valence-corrected chi connectivity index (χ1v) is 11.4. The van der Waals surface area contributed by atoms with Crippen LogP contribution in [0.5, 0.6) is 0 Å². The van der Waals surface area contributed by atoms with Gasteiger partial charge in [0.05, 0.1) is 10.9 Å². The van der Waals surface area contributed by atoms with Gasteiger partial charge in [-0.05, 0) is 66.6 Å². The molecule has 3 aromatic carbocycles. The summed E-state index contributed by atoms with van der Waals surface area (Å²) < 4.78 is 1.88. The summed E-state index contributed by atoms with van der Waals surface area (Å²) in [7, 11) is 0. The predicted octanol–water partition coefficient (Wildman–Crippen LogP) is 5.64. The Bertz CT molecular complexity index is 1310. The zero-order valence-corrected chi connectivity index (χ0v) is 18.2. The molecule has 1 saturated carbocycles. The third-order valence-corrected chi connectivity index (χ3v) is 6.85. The summed E-state index contributed by atoms with van der Waals surface area (Å²) in [5, 5.41) is 3.36. The van der Waals surface area contributed by atoms with Gasteiger partial charge in [0.1, 0.15) is 5.82 Å². The van der Waals surface area contributed by atoms with Crippen molar-refractivity contribution < 1.29 is 0 Å². The average molecular weight is 432 g/mol. The second-order valence-corrected chi connectivity index (χ2v) is 9.11. The Labute approximate surface area is 186 Å². The molecule has 0 aliphatic heterocycles. The van der Waals surface area contributed by atoms with Gasteiger partial charge < -0.3 is 5.73 Å². The van der Waals surface area contributed by atoms with Gasteiger partial charge in [-0.25, -0.2) is 4.98 Å². The lowest BCUT2D eigenvalue weighted by Crippen LogP contribution is -2.30. The Kier molecular flexibility index (Phi) is 5.51. The van der Waals surface area contributed by atoms with E-state index in [9.17, 15) is 4.79 Å². The fourth-order valence-electron chi connectivity index (χ4n) is 5.03. The molecule has 0 spiro atoms. The number of aromatic nitrogens is 2. The summed E-state index contributed by atoms with van der Waals surface area (Å²) in [6, 6.07) is 19.8. The fourth-order valence-corrected chi connectivity index (χ4v) is 5.20. The summed E-state index contributed by atoms with van der Waals surface area (Å²) in [6.45, 7) is 1.37. The fraction of sp³-hybridized carbons (Fsp3) is 0.308. The molecule has 1 fully saturated rings. The van der Waals surface area contributed by atoms with Crippen LogP contribution in [-0.2, 0) is 6.54 Å². The largest absolute Gasteiger partial charge is 0.330 e. The van der Waals surface area contributed by atoms with Crippen molar-refractivity contribution in [1.29, 1.82) is 0 Å². The van der Waals surface area contributed by atoms with Crippen molar-refractivity contribution >= 4 is 33.3 Å². The Morgan fingerprint density at radius 1 is 1.00 bits per heavy atom. The molecular formula is C26H26ClN3O. The molecule has 0 saturated heterocycles. The van der Waals surface area contributed by atoms with Crippen LogP contribution < -0.4 is 11.3 Å². The van der Waals surface area contributed by atoms with E-state index in [4.69, 9.17) is 22.3 Å². The van der Waals surface area contributed by atoms with Crippen molar-refractivity contribution in [3.8, 4) is 11.4 Å². The summed E-state index contributed by atoms with van der Waals surface area (Å²) >= 11 is 6.22. The summed E-state index contributed by atoms with van der Waals surface area (Å²) in [5.41, 5.74) is 7.61. The first-order valence-electron chi connectivity index (χ1n) is 11.0. The standard InChI is InChI=1S/C26H26ClN3O/c27-20-11-12-24-23(14-20)26(31)30(16-18-6-3-5-17(13-18)15-28)25(29-24)22-10-4-8-19-7-1-2-9-21(19)22/h1-2,4,7-12,14,17-18H,3,5-6,13,15-16,28H2. The van der Waals surface area contributed by atoms with Crippen molar-refractivity contribution in [2.75, 3.05) is 6.54 Å². The minimum Gasteiger partial charge on any atom is -0.330 e. The smallest absolute Gasteiger partial charge is 0.261 e. The van der Waals surface area contributed by atoms with Gasteiger partial charge in [0.25, 0.3) is 5.56 Å². The van der Waals surface area contributed by atoms with Gasteiger partial charge in [-0.1, -0.05) is 60.5 Å². The Morgan fingerprint density at radius 3 is 2.68 bits per heavy atom. The van der Waals surface area contributed by atoms with E-state index in [1.165, 1.54) is 6.42 Å². The van der Waals surface area contributed by atoms with E-state index in [0.717, 1.165) is 41.4 Å². The highest BCUT2D eigenvalue weighted by molar-refractivity contribution is 6.31.